The number of anilines is 2. The normalized spacial score (nSPS) is 13.1. The summed E-state index contributed by atoms with van der Waals surface area (Å²) in [5.74, 6) is -0.606. The van der Waals surface area contributed by atoms with Gasteiger partial charge in [0.1, 0.15) is 5.75 Å². The quantitative estimate of drug-likeness (QED) is 0.662. The maximum atomic E-state index is 12.4. The summed E-state index contributed by atoms with van der Waals surface area (Å²) in [7, 11) is 0. The smallest absolute Gasteiger partial charge is 0.387 e. The van der Waals surface area contributed by atoms with E-state index in [4.69, 9.17) is 0 Å². The average Bonchev–Trinajstić information content (AvgIpc) is 3.45. The first-order chi connectivity index (χ1) is 13.0. The third-order valence-corrected chi connectivity index (χ3v) is 3.86. The lowest BCUT2D eigenvalue weighted by atomic mass is 10.2. The summed E-state index contributed by atoms with van der Waals surface area (Å²) in [5, 5.41) is 8.31. The van der Waals surface area contributed by atoms with Gasteiger partial charge in [0, 0.05) is 17.3 Å². The van der Waals surface area contributed by atoms with Gasteiger partial charge in [0.2, 0.25) is 5.91 Å². The molecule has 0 bridgehead atoms. The fraction of sp³-hybridized carbons (Fsp3) is 0.263. The second-order valence-electron chi connectivity index (χ2n) is 6.10. The first kappa shape index (κ1) is 18.6. The third kappa shape index (κ3) is 5.67. The maximum absolute atomic E-state index is 12.4. The minimum absolute atomic E-state index is 0.0426. The molecule has 1 aliphatic rings. The summed E-state index contributed by atoms with van der Waals surface area (Å²) >= 11 is 0. The van der Waals surface area contributed by atoms with Crippen molar-refractivity contribution in [3.63, 3.8) is 0 Å². The molecule has 3 N–H and O–H groups in total. The van der Waals surface area contributed by atoms with Crippen molar-refractivity contribution < 1.29 is 23.1 Å². The van der Waals surface area contributed by atoms with Gasteiger partial charge in [-0.1, -0.05) is 18.2 Å². The molecule has 0 aromatic heterocycles. The second kappa shape index (κ2) is 8.48. The predicted molar refractivity (Wildman–Crippen MR) is 97.1 cm³/mol. The van der Waals surface area contributed by atoms with E-state index in [1.54, 1.807) is 36.4 Å². The van der Waals surface area contributed by atoms with Crippen LogP contribution in [0.5, 0.6) is 5.75 Å². The van der Waals surface area contributed by atoms with E-state index < -0.39 is 6.61 Å². The van der Waals surface area contributed by atoms with Crippen LogP contribution in [0.4, 0.5) is 20.2 Å². The number of benzene rings is 2. The van der Waals surface area contributed by atoms with E-state index >= 15 is 0 Å². The Morgan fingerprint density at radius 3 is 2.63 bits per heavy atom. The molecule has 0 saturated heterocycles. The molecule has 2 aromatic carbocycles. The number of rotatable bonds is 8. The molecule has 0 spiro atoms. The van der Waals surface area contributed by atoms with Crippen molar-refractivity contribution in [1.29, 1.82) is 0 Å². The van der Waals surface area contributed by atoms with E-state index in [1.165, 1.54) is 12.1 Å². The van der Waals surface area contributed by atoms with Gasteiger partial charge in [-0.2, -0.15) is 8.78 Å². The third-order valence-electron chi connectivity index (χ3n) is 3.86. The number of amides is 2. The summed E-state index contributed by atoms with van der Waals surface area (Å²) in [6, 6.07) is 13.0. The van der Waals surface area contributed by atoms with Crippen molar-refractivity contribution in [3.8, 4) is 5.75 Å². The minimum atomic E-state index is -2.95. The molecule has 2 amide bonds. The Balaban J connectivity index is 1.56. The van der Waals surface area contributed by atoms with Crippen LogP contribution in [0.3, 0.4) is 0 Å². The summed E-state index contributed by atoms with van der Waals surface area (Å²) in [6.07, 6.45) is 1.98. The van der Waals surface area contributed by atoms with Gasteiger partial charge in [-0.3, -0.25) is 9.59 Å². The molecule has 0 unspecified atom stereocenters. The second-order valence-corrected chi connectivity index (χ2v) is 6.10. The molecular weight excluding hydrogens is 356 g/mol. The van der Waals surface area contributed by atoms with Crippen LogP contribution in [0.25, 0.3) is 0 Å². The van der Waals surface area contributed by atoms with E-state index in [2.05, 4.69) is 20.7 Å². The number of para-hydroxylation sites is 2. The lowest BCUT2D eigenvalue weighted by Gasteiger charge is -2.13. The van der Waals surface area contributed by atoms with Crippen LogP contribution in [-0.2, 0) is 4.79 Å². The van der Waals surface area contributed by atoms with Crippen molar-refractivity contribution in [1.82, 2.24) is 5.32 Å². The number of ether oxygens (including phenoxy) is 1. The van der Waals surface area contributed by atoms with Gasteiger partial charge in [-0.25, -0.2) is 0 Å². The number of nitrogens with one attached hydrogen (secondary N) is 3. The van der Waals surface area contributed by atoms with Crippen molar-refractivity contribution in [2.75, 3.05) is 17.2 Å². The molecule has 0 radical (unpaired) electrons. The highest BCUT2D eigenvalue weighted by Crippen LogP contribution is 2.25. The minimum Gasteiger partial charge on any atom is -0.433 e. The van der Waals surface area contributed by atoms with Crippen molar-refractivity contribution >= 4 is 23.2 Å². The summed E-state index contributed by atoms with van der Waals surface area (Å²) in [4.78, 5) is 24.2. The number of hydrogen-bond donors (Lipinski definition) is 3. The van der Waals surface area contributed by atoms with Crippen LogP contribution in [0, 0.1) is 0 Å². The number of carbonyl (C=O) groups excluding carboxylic acids is 2. The van der Waals surface area contributed by atoms with Crippen LogP contribution >= 0.6 is 0 Å². The largest absolute Gasteiger partial charge is 0.433 e. The Kier molecular flexibility index (Phi) is 5.85. The van der Waals surface area contributed by atoms with Crippen LogP contribution in [0.1, 0.15) is 23.2 Å². The molecule has 1 aliphatic carbocycles. The molecule has 0 heterocycles. The molecule has 0 atom stereocenters. The zero-order chi connectivity index (χ0) is 19.2. The Morgan fingerprint density at radius 1 is 1.11 bits per heavy atom. The molecule has 1 saturated carbocycles. The molecule has 3 rings (SSSR count). The topological polar surface area (TPSA) is 79.5 Å². The van der Waals surface area contributed by atoms with Gasteiger partial charge in [0.15, 0.2) is 0 Å². The van der Waals surface area contributed by atoms with E-state index in [9.17, 15) is 18.4 Å². The lowest BCUT2D eigenvalue weighted by Crippen LogP contribution is -2.26. The lowest BCUT2D eigenvalue weighted by molar-refractivity contribution is -0.114. The molecule has 142 valence electrons. The Labute approximate surface area is 154 Å². The van der Waals surface area contributed by atoms with Gasteiger partial charge < -0.3 is 20.7 Å². The molecule has 2 aromatic rings. The maximum Gasteiger partial charge on any atom is 0.387 e. The standard InChI is InChI=1S/C19H19F2N3O3/c20-19(21)27-16-7-2-1-6-15(16)22-11-17(25)23-14-5-3-4-12(10-14)18(26)24-13-8-9-13/h1-7,10,13,19,22H,8-9,11H2,(H,23,25)(H,24,26). The molecule has 0 aliphatic heterocycles. The Bertz CT molecular complexity index is 825. The van der Waals surface area contributed by atoms with E-state index in [1.807, 2.05) is 0 Å². The summed E-state index contributed by atoms with van der Waals surface area (Å²) in [5.41, 5.74) is 1.22. The van der Waals surface area contributed by atoms with Gasteiger partial charge in [0.05, 0.1) is 12.2 Å². The van der Waals surface area contributed by atoms with Gasteiger partial charge in [-0.05, 0) is 43.2 Å². The fourth-order valence-electron chi connectivity index (χ4n) is 2.43. The fourth-order valence-corrected chi connectivity index (χ4v) is 2.43. The highest BCUT2D eigenvalue weighted by Gasteiger charge is 2.23. The first-order valence-corrected chi connectivity index (χ1v) is 8.50. The molecule has 8 heteroatoms. The molecular formula is C19H19F2N3O3. The van der Waals surface area contributed by atoms with Crippen molar-refractivity contribution in [3.05, 3.63) is 54.1 Å². The molecule has 1 fully saturated rings. The van der Waals surface area contributed by atoms with Crippen molar-refractivity contribution in [2.24, 2.45) is 0 Å². The predicted octanol–water partition coefficient (Wildman–Crippen LogP) is 3.23. The van der Waals surface area contributed by atoms with E-state index in [-0.39, 0.29) is 35.8 Å². The SMILES string of the molecule is O=C(CNc1ccccc1OC(F)F)Nc1cccc(C(=O)NC2CC2)c1. The van der Waals surface area contributed by atoms with Crippen LogP contribution in [0.15, 0.2) is 48.5 Å². The van der Waals surface area contributed by atoms with E-state index in [0.717, 1.165) is 12.8 Å². The number of alkyl halides is 2. The average molecular weight is 375 g/mol. The van der Waals surface area contributed by atoms with Crippen LogP contribution in [-0.4, -0.2) is 31.0 Å². The first-order valence-electron chi connectivity index (χ1n) is 8.50. The monoisotopic (exact) mass is 375 g/mol. The zero-order valence-electron chi connectivity index (χ0n) is 14.4. The molecule has 6 nitrogen and oxygen atoms in total. The Hall–Kier alpha value is -3.16. The zero-order valence-corrected chi connectivity index (χ0v) is 14.4. The van der Waals surface area contributed by atoms with Gasteiger partial charge in [-0.15, -0.1) is 0 Å². The van der Waals surface area contributed by atoms with Gasteiger partial charge >= 0.3 is 6.61 Å². The van der Waals surface area contributed by atoms with E-state index in [0.29, 0.717) is 11.3 Å². The number of halogens is 2. The highest BCUT2D eigenvalue weighted by atomic mass is 19.3. The number of carbonyl (C=O) groups is 2. The van der Waals surface area contributed by atoms with Gasteiger partial charge in [0.25, 0.3) is 5.91 Å². The number of hydrogen-bond acceptors (Lipinski definition) is 4. The van der Waals surface area contributed by atoms with Crippen molar-refractivity contribution in [2.45, 2.75) is 25.5 Å². The summed E-state index contributed by atoms with van der Waals surface area (Å²) < 4.78 is 29.2. The van der Waals surface area contributed by atoms with Crippen LogP contribution < -0.4 is 20.7 Å². The molecule has 27 heavy (non-hydrogen) atoms. The van der Waals surface area contributed by atoms with Crippen LogP contribution in [0.2, 0.25) is 0 Å². The highest BCUT2D eigenvalue weighted by molar-refractivity contribution is 5.98. The summed E-state index contributed by atoms with van der Waals surface area (Å²) in [6.45, 7) is -3.10. The Morgan fingerprint density at radius 2 is 1.89 bits per heavy atom.